The minimum atomic E-state index is -0.314. The molecule has 0 amide bonds. The normalized spacial score (nSPS) is 10.8. The molecule has 0 fully saturated rings. The number of fused-ring (bicyclic) bond motifs is 1. The average Bonchev–Trinajstić information content (AvgIpc) is 3.02. The Bertz CT molecular complexity index is 1020. The summed E-state index contributed by atoms with van der Waals surface area (Å²) >= 11 is 5.03. The zero-order chi connectivity index (χ0) is 18.5. The van der Waals surface area contributed by atoms with Gasteiger partial charge in [0, 0.05) is 25.0 Å². The summed E-state index contributed by atoms with van der Waals surface area (Å²) in [5.41, 5.74) is 2.03. The number of anilines is 1. The molecule has 26 heavy (non-hydrogen) atoms. The molecule has 2 heterocycles. The molecule has 2 aromatic heterocycles. The minimum Gasteiger partial charge on any atom is -0.462 e. The van der Waals surface area contributed by atoms with Crippen LogP contribution in [0.4, 0.5) is 5.69 Å². The Labute approximate surface area is 155 Å². The van der Waals surface area contributed by atoms with Crippen molar-refractivity contribution in [1.29, 1.82) is 0 Å². The van der Waals surface area contributed by atoms with Gasteiger partial charge in [-0.05, 0) is 55.9 Å². The number of hydrogen-bond donors (Lipinski definition) is 3. The highest BCUT2D eigenvalue weighted by Gasteiger charge is 2.06. The van der Waals surface area contributed by atoms with Gasteiger partial charge in [-0.25, -0.2) is 4.79 Å². The summed E-state index contributed by atoms with van der Waals surface area (Å²) in [6, 6.07) is 8.97. The first kappa shape index (κ1) is 17.9. The predicted octanol–water partition coefficient (Wildman–Crippen LogP) is 3.07. The number of H-pyrrole nitrogens is 2. The zero-order valence-corrected chi connectivity index (χ0v) is 15.2. The van der Waals surface area contributed by atoms with Crippen molar-refractivity contribution in [2.45, 2.75) is 19.9 Å². The largest absolute Gasteiger partial charge is 0.462 e. The first-order chi connectivity index (χ1) is 12.6. The van der Waals surface area contributed by atoms with Crippen molar-refractivity contribution < 1.29 is 9.53 Å². The van der Waals surface area contributed by atoms with E-state index in [0.29, 0.717) is 22.3 Å². The van der Waals surface area contributed by atoms with Crippen LogP contribution in [-0.4, -0.2) is 33.7 Å². The highest BCUT2D eigenvalue weighted by molar-refractivity contribution is 7.71. The zero-order valence-electron chi connectivity index (χ0n) is 14.4. The number of rotatable bonds is 7. The maximum absolute atomic E-state index is 11.8. The summed E-state index contributed by atoms with van der Waals surface area (Å²) < 4.78 is 7.26. The standard InChI is InChI=1S/C18H20N4O3S/c1-2-25-17(24)12-4-6-13(7-5-12)19-9-3-10-22-11-8-14-15(22)20-18(26)21-16(14)23/h4-8,11,19H,2-3,9-10H2,1H3,(H2,20,21,23,26). The van der Waals surface area contributed by atoms with Crippen LogP contribution in [0.2, 0.25) is 0 Å². The van der Waals surface area contributed by atoms with Gasteiger partial charge in [-0.2, -0.15) is 0 Å². The van der Waals surface area contributed by atoms with Gasteiger partial charge in [0.1, 0.15) is 5.65 Å². The SMILES string of the molecule is CCOC(=O)c1ccc(NCCCn2ccc3c(=O)[nH]c(=S)[nH]c32)cc1. The summed E-state index contributed by atoms with van der Waals surface area (Å²) in [5.74, 6) is -0.314. The molecular formula is C18H20N4O3S. The molecule has 1 aromatic carbocycles. The highest BCUT2D eigenvalue weighted by Crippen LogP contribution is 2.12. The molecule has 0 atom stereocenters. The number of hydrogen-bond acceptors (Lipinski definition) is 5. The fraction of sp³-hybridized carbons (Fsp3) is 0.278. The van der Waals surface area contributed by atoms with Crippen LogP contribution in [-0.2, 0) is 11.3 Å². The number of ether oxygens (including phenoxy) is 1. The van der Waals surface area contributed by atoms with E-state index in [-0.39, 0.29) is 11.5 Å². The molecule has 0 radical (unpaired) electrons. The number of carbonyl (C=O) groups is 1. The van der Waals surface area contributed by atoms with Crippen molar-refractivity contribution in [1.82, 2.24) is 14.5 Å². The average molecular weight is 372 g/mol. The van der Waals surface area contributed by atoms with Crippen molar-refractivity contribution in [3.05, 3.63) is 57.2 Å². The van der Waals surface area contributed by atoms with E-state index in [4.69, 9.17) is 17.0 Å². The van der Waals surface area contributed by atoms with Gasteiger partial charge in [-0.3, -0.25) is 9.78 Å². The van der Waals surface area contributed by atoms with Crippen LogP contribution in [0.5, 0.6) is 0 Å². The summed E-state index contributed by atoms with van der Waals surface area (Å²) in [6.45, 7) is 3.64. The fourth-order valence-electron chi connectivity index (χ4n) is 2.71. The third kappa shape index (κ3) is 4.02. The first-order valence-electron chi connectivity index (χ1n) is 8.41. The van der Waals surface area contributed by atoms with Crippen LogP contribution >= 0.6 is 12.2 Å². The van der Waals surface area contributed by atoms with Crippen LogP contribution in [0.3, 0.4) is 0 Å². The van der Waals surface area contributed by atoms with Gasteiger partial charge in [0.15, 0.2) is 4.77 Å². The van der Waals surface area contributed by atoms with E-state index >= 15 is 0 Å². The molecule has 3 N–H and O–H groups in total. The molecular weight excluding hydrogens is 352 g/mol. The third-order valence-corrected chi connectivity index (χ3v) is 4.17. The molecule has 3 rings (SSSR count). The van der Waals surface area contributed by atoms with E-state index in [1.165, 1.54) is 0 Å². The number of aryl methyl sites for hydroxylation is 1. The van der Waals surface area contributed by atoms with Gasteiger partial charge in [-0.15, -0.1) is 0 Å². The van der Waals surface area contributed by atoms with Crippen LogP contribution < -0.4 is 10.9 Å². The fourth-order valence-corrected chi connectivity index (χ4v) is 2.90. The summed E-state index contributed by atoms with van der Waals surface area (Å²) in [6.07, 6.45) is 2.73. The molecule has 136 valence electrons. The Morgan fingerprint density at radius 2 is 2.00 bits per heavy atom. The molecule has 0 aliphatic rings. The molecule has 3 aromatic rings. The second-order valence-corrected chi connectivity index (χ2v) is 6.17. The van der Waals surface area contributed by atoms with Crippen LogP contribution in [0.15, 0.2) is 41.3 Å². The summed E-state index contributed by atoms with van der Waals surface area (Å²) in [4.78, 5) is 29.1. The van der Waals surface area contributed by atoms with Crippen molar-refractivity contribution in [2.24, 2.45) is 0 Å². The molecule has 8 heteroatoms. The lowest BCUT2D eigenvalue weighted by Gasteiger charge is -2.09. The number of nitrogens with one attached hydrogen (secondary N) is 3. The lowest BCUT2D eigenvalue weighted by atomic mass is 10.2. The molecule has 0 aliphatic heterocycles. The van der Waals surface area contributed by atoms with Crippen LogP contribution in [0.25, 0.3) is 11.0 Å². The molecule has 0 saturated heterocycles. The van der Waals surface area contributed by atoms with E-state index < -0.39 is 0 Å². The Morgan fingerprint density at radius 3 is 2.73 bits per heavy atom. The monoisotopic (exact) mass is 372 g/mol. The lowest BCUT2D eigenvalue weighted by molar-refractivity contribution is 0.0526. The van der Waals surface area contributed by atoms with Gasteiger partial charge in [0.2, 0.25) is 0 Å². The number of aromatic amines is 2. The van der Waals surface area contributed by atoms with Crippen molar-refractivity contribution in [2.75, 3.05) is 18.5 Å². The third-order valence-electron chi connectivity index (χ3n) is 3.97. The number of nitrogens with zero attached hydrogens (tertiary/aromatic N) is 1. The second kappa shape index (κ2) is 8.01. The van der Waals surface area contributed by atoms with Crippen molar-refractivity contribution in [3.8, 4) is 0 Å². The van der Waals surface area contributed by atoms with E-state index in [2.05, 4.69) is 15.3 Å². The Balaban J connectivity index is 1.55. The predicted molar refractivity (Wildman–Crippen MR) is 103 cm³/mol. The van der Waals surface area contributed by atoms with Crippen molar-refractivity contribution >= 4 is 34.9 Å². The highest BCUT2D eigenvalue weighted by atomic mass is 32.1. The molecule has 0 unspecified atom stereocenters. The summed E-state index contributed by atoms with van der Waals surface area (Å²) in [5, 5.41) is 3.91. The van der Waals surface area contributed by atoms with Crippen LogP contribution in [0.1, 0.15) is 23.7 Å². The maximum atomic E-state index is 11.8. The minimum absolute atomic E-state index is 0.178. The van der Waals surface area contributed by atoms with Gasteiger partial charge < -0.3 is 19.6 Å². The number of benzene rings is 1. The summed E-state index contributed by atoms with van der Waals surface area (Å²) in [7, 11) is 0. The molecule has 0 aliphatic carbocycles. The van der Waals surface area contributed by atoms with Gasteiger partial charge in [-0.1, -0.05) is 0 Å². The van der Waals surface area contributed by atoms with Gasteiger partial charge >= 0.3 is 5.97 Å². The second-order valence-electron chi connectivity index (χ2n) is 5.76. The quantitative estimate of drug-likeness (QED) is 0.337. The number of esters is 1. The van der Waals surface area contributed by atoms with E-state index in [1.54, 1.807) is 25.1 Å². The van der Waals surface area contributed by atoms with Crippen molar-refractivity contribution in [3.63, 3.8) is 0 Å². The van der Waals surface area contributed by atoms with Crippen LogP contribution in [0, 0.1) is 4.77 Å². The number of aromatic nitrogens is 3. The Hall–Kier alpha value is -2.87. The smallest absolute Gasteiger partial charge is 0.338 e. The van der Waals surface area contributed by atoms with Gasteiger partial charge in [0.25, 0.3) is 5.56 Å². The first-order valence-corrected chi connectivity index (χ1v) is 8.82. The topological polar surface area (TPSA) is 91.9 Å². The molecule has 0 saturated carbocycles. The lowest BCUT2D eigenvalue weighted by Crippen LogP contribution is -2.10. The van der Waals surface area contributed by atoms with E-state index in [1.807, 2.05) is 22.9 Å². The molecule has 0 bridgehead atoms. The molecule has 0 spiro atoms. The van der Waals surface area contributed by atoms with Gasteiger partial charge in [0.05, 0.1) is 17.6 Å². The Kier molecular flexibility index (Phi) is 5.52. The van der Waals surface area contributed by atoms with E-state index in [0.717, 1.165) is 30.8 Å². The molecule has 7 nitrogen and oxygen atoms in total. The Morgan fingerprint density at radius 1 is 1.23 bits per heavy atom. The van der Waals surface area contributed by atoms with E-state index in [9.17, 15) is 9.59 Å². The number of carbonyl (C=O) groups excluding carboxylic acids is 1. The maximum Gasteiger partial charge on any atom is 0.338 e.